The van der Waals surface area contributed by atoms with Crippen LogP contribution in [-0.2, 0) is 14.3 Å². The van der Waals surface area contributed by atoms with E-state index >= 15 is 0 Å². The van der Waals surface area contributed by atoms with E-state index in [0.29, 0.717) is 32.3 Å². The second kappa shape index (κ2) is 11.2. The number of amides is 2. The molecule has 0 spiro atoms. The van der Waals surface area contributed by atoms with Crippen LogP contribution >= 0.6 is 0 Å². The first-order chi connectivity index (χ1) is 17.5. The lowest BCUT2D eigenvalue weighted by molar-refractivity contribution is -0.141. The maximum absolute atomic E-state index is 14.0. The van der Waals surface area contributed by atoms with E-state index in [4.69, 9.17) is 9.47 Å². The summed E-state index contributed by atoms with van der Waals surface area (Å²) >= 11 is 0. The molecule has 3 aliphatic heterocycles. The Morgan fingerprint density at radius 1 is 1.14 bits per heavy atom. The van der Waals surface area contributed by atoms with Gasteiger partial charge in [-0.3, -0.25) is 14.5 Å². The molecule has 3 fully saturated rings. The molecule has 0 saturated carbocycles. The Balaban J connectivity index is 1.61. The molecule has 3 saturated heterocycles. The SMILES string of the molecule is CN[C@@H](C)C(=O)N[C@H](C(=O)N1CC[C@@H]2[C@H]1[C@@H](Oc1ccc(F)c(F)c1)CN2C1CCOCC1)C(C)(C)C. The largest absolute Gasteiger partial charge is 0.487 e. The predicted octanol–water partition coefficient (Wildman–Crippen LogP) is 2.32. The average Bonchev–Trinajstić information content (AvgIpc) is 3.45. The number of likely N-dealkylation sites (N-methyl/N-ethyl adjacent to an activating group) is 1. The van der Waals surface area contributed by atoms with Crippen LogP contribution in [0.15, 0.2) is 18.2 Å². The zero-order valence-electron chi connectivity index (χ0n) is 22.4. The third kappa shape index (κ3) is 5.91. The molecule has 0 radical (unpaired) electrons. The third-order valence-electron chi connectivity index (χ3n) is 7.96. The van der Waals surface area contributed by atoms with Crippen molar-refractivity contribution in [1.29, 1.82) is 0 Å². The smallest absolute Gasteiger partial charge is 0.246 e. The van der Waals surface area contributed by atoms with Crippen molar-refractivity contribution in [2.24, 2.45) is 5.41 Å². The minimum absolute atomic E-state index is 0.0786. The first-order valence-electron chi connectivity index (χ1n) is 13.2. The molecule has 2 N–H and O–H groups in total. The van der Waals surface area contributed by atoms with Gasteiger partial charge in [0.2, 0.25) is 11.8 Å². The normalized spacial score (nSPS) is 26.6. The molecule has 8 nitrogen and oxygen atoms in total. The summed E-state index contributed by atoms with van der Waals surface area (Å²) in [6, 6.07) is 2.48. The number of hydrogen-bond acceptors (Lipinski definition) is 6. The van der Waals surface area contributed by atoms with Crippen molar-refractivity contribution in [2.45, 2.75) is 83.3 Å². The fraction of sp³-hybridized carbons (Fsp3) is 0.704. The second-order valence-corrected chi connectivity index (χ2v) is 11.5. The van der Waals surface area contributed by atoms with Crippen LogP contribution in [0.25, 0.3) is 0 Å². The Morgan fingerprint density at radius 3 is 2.46 bits per heavy atom. The monoisotopic (exact) mass is 522 g/mol. The second-order valence-electron chi connectivity index (χ2n) is 11.5. The Morgan fingerprint density at radius 2 is 1.84 bits per heavy atom. The lowest BCUT2D eigenvalue weighted by Crippen LogP contribution is -2.59. The van der Waals surface area contributed by atoms with Gasteiger partial charge in [0.05, 0.1) is 12.1 Å². The molecular weight excluding hydrogens is 482 g/mol. The highest BCUT2D eigenvalue weighted by Crippen LogP contribution is 2.38. The van der Waals surface area contributed by atoms with Gasteiger partial charge in [-0.2, -0.15) is 0 Å². The summed E-state index contributed by atoms with van der Waals surface area (Å²) in [6.07, 6.45) is 2.16. The number of nitrogens with zero attached hydrogens (tertiary/aromatic N) is 2. The van der Waals surface area contributed by atoms with E-state index in [9.17, 15) is 18.4 Å². The summed E-state index contributed by atoms with van der Waals surface area (Å²) in [5, 5.41) is 5.88. The van der Waals surface area contributed by atoms with Crippen molar-refractivity contribution in [3.8, 4) is 5.75 Å². The molecule has 0 unspecified atom stereocenters. The van der Waals surface area contributed by atoms with Crippen molar-refractivity contribution >= 4 is 11.8 Å². The Bertz CT molecular complexity index is 982. The van der Waals surface area contributed by atoms with Crippen LogP contribution in [0, 0.1) is 17.0 Å². The van der Waals surface area contributed by atoms with Crippen LogP contribution in [-0.4, -0.2) is 91.3 Å². The number of halogens is 2. The van der Waals surface area contributed by atoms with Gasteiger partial charge in [-0.1, -0.05) is 20.8 Å². The Hall–Kier alpha value is -2.30. The van der Waals surface area contributed by atoms with E-state index in [-0.39, 0.29) is 29.6 Å². The van der Waals surface area contributed by atoms with Gasteiger partial charge in [0, 0.05) is 44.5 Å². The number of likely N-dealkylation sites (tertiary alicyclic amines) is 2. The first-order valence-corrected chi connectivity index (χ1v) is 13.2. The zero-order chi connectivity index (χ0) is 26.9. The molecule has 3 aliphatic rings. The molecule has 2 amide bonds. The summed E-state index contributed by atoms with van der Waals surface area (Å²) in [7, 11) is 1.70. The van der Waals surface area contributed by atoms with E-state index in [1.807, 2.05) is 25.7 Å². The summed E-state index contributed by atoms with van der Waals surface area (Å²) in [6.45, 7) is 10.1. The standard InChI is InChI=1S/C27H40F2N4O4/c1-16(30-5)25(34)31-24(27(2,3)4)26(35)32-11-8-21-23(32)22(15-33(21)17-9-12-36-13-10-17)37-18-6-7-19(28)20(29)14-18/h6-7,14,16-17,21-24,30H,8-13,15H2,1-5H3,(H,31,34)/t16-,21+,22-,23-,24+/m0/s1. The van der Waals surface area contributed by atoms with Crippen LogP contribution in [0.5, 0.6) is 5.75 Å². The van der Waals surface area contributed by atoms with Gasteiger partial charge >= 0.3 is 0 Å². The number of fused-ring (bicyclic) bond motifs is 1. The molecule has 4 rings (SSSR count). The highest BCUT2D eigenvalue weighted by atomic mass is 19.2. The van der Waals surface area contributed by atoms with Crippen molar-refractivity contribution in [2.75, 3.05) is 33.4 Å². The molecule has 1 aromatic rings. The van der Waals surface area contributed by atoms with E-state index in [1.54, 1.807) is 14.0 Å². The van der Waals surface area contributed by atoms with Gasteiger partial charge in [0.15, 0.2) is 11.6 Å². The van der Waals surface area contributed by atoms with Gasteiger partial charge in [-0.05, 0) is 50.8 Å². The van der Waals surface area contributed by atoms with Crippen molar-refractivity contribution in [3.05, 3.63) is 29.8 Å². The van der Waals surface area contributed by atoms with Gasteiger partial charge in [0.25, 0.3) is 0 Å². The van der Waals surface area contributed by atoms with Crippen LogP contribution < -0.4 is 15.4 Å². The lowest BCUT2D eigenvalue weighted by Gasteiger charge is -2.37. The number of ether oxygens (including phenoxy) is 2. The van der Waals surface area contributed by atoms with Crippen LogP contribution in [0.2, 0.25) is 0 Å². The lowest BCUT2D eigenvalue weighted by atomic mass is 9.85. The first kappa shape index (κ1) is 27.7. The minimum Gasteiger partial charge on any atom is -0.487 e. The molecule has 0 bridgehead atoms. The van der Waals surface area contributed by atoms with Gasteiger partial charge in [0.1, 0.15) is 17.9 Å². The fourth-order valence-electron chi connectivity index (χ4n) is 5.80. The Kier molecular flexibility index (Phi) is 8.40. The van der Waals surface area contributed by atoms with E-state index in [0.717, 1.165) is 31.4 Å². The molecule has 10 heteroatoms. The summed E-state index contributed by atoms with van der Waals surface area (Å²) in [5.74, 6) is -2.06. The maximum atomic E-state index is 14.0. The van der Waals surface area contributed by atoms with E-state index in [1.165, 1.54) is 6.07 Å². The summed E-state index contributed by atoms with van der Waals surface area (Å²) in [4.78, 5) is 31.1. The van der Waals surface area contributed by atoms with E-state index in [2.05, 4.69) is 15.5 Å². The summed E-state index contributed by atoms with van der Waals surface area (Å²) in [5.41, 5.74) is -0.520. The quantitative estimate of drug-likeness (QED) is 0.572. The number of hydrogen-bond donors (Lipinski definition) is 2. The number of carbonyl (C=O) groups is 2. The van der Waals surface area contributed by atoms with Crippen LogP contribution in [0.3, 0.4) is 0 Å². The van der Waals surface area contributed by atoms with Gasteiger partial charge in [-0.25, -0.2) is 8.78 Å². The number of nitrogens with one attached hydrogen (secondary N) is 2. The third-order valence-corrected chi connectivity index (χ3v) is 7.96. The van der Waals surface area contributed by atoms with Crippen molar-refractivity contribution in [3.63, 3.8) is 0 Å². The molecule has 0 aliphatic carbocycles. The maximum Gasteiger partial charge on any atom is 0.246 e. The average molecular weight is 523 g/mol. The molecule has 206 valence electrons. The topological polar surface area (TPSA) is 83.1 Å². The summed E-state index contributed by atoms with van der Waals surface area (Å²) < 4.78 is 39.3. The predicted molar refractivity (Wildman–Crippen MR) is 135 cm³/mol. The Labute approximate surface area is 218 Å². The van der Waals surface area contributed by atoms with Crippen molar-refractivity contribution in [1.82, 2.24) is 20.4 Å². The van der Waals surface area contributed by atoms with Gasteiger partial charge < -0.3 is 25.0 Å². The van der Waals surface area contributed by atoms with Gasteiger partial charge in [-0.15, -0.1) is 0 Å². The molecular formula is C27H40F2N4O4. The number of benzene rings is 1. The molecule has 1 aromatic carbocycles. The molecule has 0 aromatic heterocycles. The highest BCUT2D eigenvalue weighted by molar-refractivity contribution is 5.90. The number of carbonyl (C=O) groups excluding carboxylic acids is 2. The van der Waals surface area contributed by atoms with Crippen molar-refractivity contribution < 1.29 is 27.8 Å². The fourth-order valence-corrected chi connectivity index (χ4v) is 5.80. The van der Waals surface area contributed by atoms with Crippen LogP contribution in [0.4, 0.5) is 8.78 Å². The molecule has 3 heterocycles. The zero-order valence-corrected chi connectivity index (χ0v) is 22.4. The van der Waals surface area contributed by atoms with E-state index < -0.39 is 35.2 Å². The highest BCUT2D eigenvalue weighted by Gasteiger charge is 2.54. The van der Waals surface area contributed by atoms with Crippen LogP contribution in [0.1, 0.15) is 47.0 Å². The molecule has 37 heavy (non-hydrogen) atoms. The minimum atomic E-state index is -0.971. The molecule has 5 atom stereocenters. The number of rotatable bonds is 7.